The minimum Gasteiger partial charge on any atom is -0.483 e. The van der Waals surface area contributed by atoms with E-state index in [2.05, 4.69) is 19.6 Å². The first-order valence-corrected chi connectivity index (χ1v) is 9.59. The molecular formula is C18H19N5O5S. The van der Waals surface area contributed by atoms with Crippen molar-refractivity contribution >= 4 is 45.0 Å². The van der Waals surface area contributed by atoms with Gasteiger partial charge in [-0.25, -0.2) is 4.98 Å². The van der Waals surface area contributed by atoms with Gasteiger partial charge in [-0.1, -0.05) is 28.6 Å². The molecule has 0 saturated carbocycles. The van der Waals surface area contributed by atoms with Crippen molar-refractivity contribution in [2.45, 2.75) is 12.8 Å². The molecule has 3 heterocycles. The van der Waals surface area contributed by atoms with Crippen LogP contribution in [-0.2, 0) is 20.8 Å². The van der Waals surface area contributed by atoms with E-state index in [9.17, 15) is 9.59 Å². The molecule has 152 valence electrons. The molecule has 1 aromatic carbocycles. The predicted octanol–water partition coefficient (Wildman–Crippen LogP) is 1.43. The molecule has 29 heavy (non-hydrogen) atoms. The second kappa shape index (κ2) is 9.24. The van der Waals surface area contributed by atoms with Gasteiger partial charge in [-0.05, 0) is 12.1 Å². The van der Waals surface area contributed by atoms with Gasteiger partial charge >= 0.3 is 0 Å². The van der Waals surface area contributed by atoms with Crippen LogP contribution in [0.3, 0.4) is 0 Å². The largest absolute Gasteiger partial charge is 0.483 e. The number of amides is 2. The molecule has 1 unspecified atom stereocenters. The van der Waals surface area contributed by atoms with Crippen molar-refractivity contribution in [2.24, 2.45) is 5.92 Å². The lowest BCUT2D eigenvalue weighted by molar-refractivity contribution is -0.134. The Labute approximate surface area is 169 Å². The summed E-state index contributed by atoms with van der Waals surface area (Å²) in [4.78, 5) is 45.2. The van der Waals surface area contributed by atoms with Crippen molar-refractivity contribution in [1.29, 1.82) is 0 Å². The van der Waals surface area contributed by atoms with Crippen molar-refractivity contribution < 1.29 is 24.0 Å². The number of aromatic nitrogens is 3. The number of hydrogen-bond acceptors (Lipinski definition) is 8. The maximum atomic E-state index is 12.7. The Kier molecular flexibility index (Phi) is 6.50. The Morgan fingerprint density at radius 1 is 1.45 bits per heavy atom. The molecule has 10 nitrogen and oxygen atoms in total. The van der Waals surface area contributed by atoms with E-state index in [1.54, 1.807) is 16.8 Å². The smallest absolute Gasteiger partial charge is 0.290 e. The normalized spacial score (nSPS) is 15.8. The third-order valence-electron chi connectivity index (χ3n) is 4.44. The van der Waals surface area contributed by atoms with E-state index in [0.717, 1.165) is 10.2 Å². The summed E-state index contributed by atoms with van der Waals surface area (Å²) in [5.74, 6) is 0.0902. The van der Waals surface area contributed by atoms with Gasteiger partial charge in [-0.15, -0.1) is 0 Å². The average molecular weight is 417 g/mol. The van der Waals surface area contributed by atoms with E-state index in [1.165, 1.54) is 17.7 Å². The summed E-state index contributed by atoms with van der Waals surface area (Å²) in [5.41, 5.74) is 0.868. The summed E-state index contributed by atoms with van der Waals surface area (Å²) in [7, 11) is 1.73. The van der Waals surface area contributed by atoms with Gasteiger partial charge in [0.05, 0.1) is 16.1 Å². The number of rotatable bonds is 5. The van der Waals surface area contributed by atoms with Gasteiger partial charge in [0.25, 0.3) is 6.47 Å². The van der Waals surface area contributed by atoms with Gasteiger partial charge in [-0.3, -0.25) is 19.3 Å². The minimum atomic E-state index is -0.357. The highest BCUT2D eigenvalue weighted by molar-refractivity contribution is 7.22. The number of carbonyl (C=O) groups excluding carboxylic acids is 2. The first-order chi connectivity index (χ1) is 14.0. The van der Waals surface area contributed by atoms with Gasteiger partial charge in [0, 0.05) is 33.0 Å². The first-order valence-electron chi connectivity index (χ1n) is 8.77. The van der Waals surface area contributed by atoms with Crippen molar-refractivity contribution in [3.8, 4) is 0 Å². The number of anilines is 1. The fraction of sp³-hybridized carbons (Fsp3) is 0.333. The zero-order chi connectivity index (χ0) is 20.8. The van der Waals surface area contributed by atoms with Gasteiger partial charge in [-0.2, -0.15) is 4.98 Å². The maximum Gasteiger partial charge on any atom is 0.290 e. The summed E-state index contributed by atoms with van der Waals surface area (Å²) in [6.07, 6.45) is 1.99. The van der Waals surface area contributed by atoms with Crippen LogP contribution < -0.4 is 4.90 Å². The molecule has 0 bridgehead atoms. The van der Waals surface area contributed by atoms with Crippen LogP contribution in [0.4, 0.5) is 5.13 Å². The zero-order valence-electron chi connectivity index (χ0n) is 15.6. The molecule has 1 saturated heterocycles. The number of para-hydroxylation sites is 1. The van der Waals surface area contributed by atoms with Crippen LogP contribution in [0.2, 0.25) is 0 Å². The number of carbonyl (C=O) groups is 3. The van der Waals surface area contributed by atoms with E-state index in [4.69, 9.17) is 9.90 Å². The van der Waals surface area contributed by atoms with Crippen molar-refractivity contribution in [2.75, 3.05) is 25.0 Å². The predicted molar refractivity (Wildman–Crippen MR) is 104 cm³/mol. The fourth-order valence-electron chi connectivity index (χ4n) is 3.03. The van der Waals surface area contributed by atoms with Crippen LogP contribution in [0.25, 0.3) is 10.2 Å². The highest BCUT2D eigenvalue weighted by Gasteiger charge is 2.37. The molecule has 1 aliphatic rings. The molecule has 1 N–H and O–H groups in total. The lowest BCUT2D eigenvalue weighted by Crippen LogP contribution is -2.36. The molecule has 1 aliphatic heterocycles. The fourth-order valence-corrected chi connectivity index (χ4v) is 4.02. The van der Waals surface area contributed by atoms with Gasteiger partial charge < -0.3 is 14.5 Å². The van der Waals surface area contributed by atoms with Crippen molar-refractivity contribution in [1.82, 2.24) is 20.0 Å². The monoisotopic (exact) mass is 417 g/mol. The molecule has 0 radical (unpaired) electrons. The molecule has 0 spiro atoms. The van der Waals surface area contributed by atoms with Gasteiger partial charge in [0.1, 0.15) is 0 Å². The van der Waals surface area contributed by atoms with Gasteiger partial charge in [0.15, 0.2) is 11.0 Å². The molecule has 4 rings (SSSR count). The SMILES string of the molecule is CN(CCc1ncon1)C(=O)C1CC(=O)N(c2nc3ccccc3s2)C1.O=CO. The van der Waals surface area contributed by atoms with E-state index in [1.807, 2.05) is 24.3 Å². The number of thiazole rings is 1. The molecular weight excluding hydrogens is 398 g/mol. The molecule has 0 aliphatic carbocycles. The number of benzene rings is 1. The van der Waals surface area contributed by atoms with Crippen LogP contribution in [0, 0.1) is 5.92 Å². The third-order valence-corrected chi connectivity index (χ3v) is 5.50. The first kappa shape index (κ1) is 20.4. The van der Waals surface area contributed by atoms with Crippen LogP contribution in [-0.4, -0.2) is 63.6 Å². The Morgan fingerprint density at radius 2 is 2.21 bits per heavy atom. The molecule has 2 amide bonds. The number of hydrogen-bond donors (Lipinski definition) is 1. The van der Waals surface area contributed by atoms with Crippen LogP contribution in [0.15, 0.2) is 35.2 Å². The third kappa shape index (κ3) is 4.74. The zero-order valence-corrected chi connectivity index (χ0v) is 16.4. The quantitative estimate of drug-likeness (QED) is 0.617. The summed E-state index contributed by atoms with van der Waals surface area (Å²) < 4.78 is 5.72. The number of fused-ring (bicyclic) bond motifs is 1. The summed E-state index contributed by atoms with van der Waals surface area (Å²) >= 11 is 1.47. The van der Waals surface area contributed by atoms with Crippen molar-refractivity contribution in [3.05, 3.63) is 36.5 Å². The highest BCUT2D eigenvalue weighted by Crippen LogP contribution is 2.33. The summed E-state index contributed by atoms with van der Waals surface area (Å²) in [6, 6.07) is 7.76. The van der Waals surface area contributed by atoms with E-state index in [-0.39, 0.29) is 30.6 Å². The molecule has 3 aromatic rings. The second-order valence-corrected chi connectivity index (χ2v) is 7.34. The Balaban J connectivity index is 0.000000755. The van der Waals surface area contributed by atoms with E-state index in [0.29, 0.717) is 30.5 Å². The number of likely N-dealkylation sites (N-methyl/N-ethyl adjacent to an activating group) is 1. The second-order valence-electron chi connectivity index (χ2n) is 6.33. The van der Waals surface area contributed by atoms with Crippen LogP contribution in [0.5, 0.6) is 0 Å². The summed E-state index contributed by atoms with van der Waals surface area (Å²) in [6.45, 7) is 0.592. The molecule has 1 atom stereocenters. The Hall–Kier alpha value is -3.34. The van der Waals surface area contributed by atoms with Gasteiger partial charge in [0.2, 0.25) is 18.2 Å². The minimum absolute atomic E-state index is 0.0505. The Morgan fingerprint density at radius 3 is 2.90 bits per heavy atom. The Bertz CT molecular complexity index is 957. The van der Waals surface area contributed by atoms with Crippen LogP contribution in [0.1, 0.15) is 12.2 Å². The van der Waals surface area contributed by atoms with Crippen LogP contribution >= 0.6 is 11.3 Å². The lowest BCUT2D eigenvalue weighted by atomic mass is 10.1. The van der Waals surface area contributed by atoms with E-state index < -0.39 is 0 Å². The van der Waals surface area contributed by atoms with Crippen molar-refractivity contribution in [3.63, 3.8) is 0 Å². The van der Waals surface area contributed by atoms with E-state index >= 15 is 0 Å². The number of nitrogens with zero attached hydrogens (tertiary/aromatic N) is 5. The highest BCUT2D eigenvalue weighted by atomic mass is 32.1. The number of carboxylic acid groups (broad SMARTS) is 1. The maximum absolute atomic E-state index is 12.7. The summed E-state index contributed by atoms with van der Waals surface area (Å²) in [5, 5.41) is 11.3. The standard InChI is InChI=1S/C17H17N5O3S.CH2O2/c1-21(7-6-14-18-10-25-20-14)16(24)11-8-15(23)22(9-11)17-19-12-4-2-3-5-13(12)26-17;2-1-3/h2-5,10-11H,6-9H2,1H3;1H,(H,2,3). The molecule has 1 fully saturated rings. The topological polar surface area (TPSA) is 130 Å². The molecule has 2 aromatic heterocycles. The lowest BCUT2D eigenvalue weighted by Gasteiger charge is -2.20. The molecule has 11 heteroatoms. The average Bonchev–Trinajstić information content (AvgIpc) is 3.45.